The van der Waals surface area contributed by atoms with Crippen molar-refractivity contribution in [2.45, 2.75) is 31.8 Å². The maximum atomic E-state index is 10.9. The number of nitrogens with one attached hydrogen (secondary N) is 1. The van der Waals surface area contributed by atoms with Gasteiger partial charge in [-0.25, -0.2) is 0 Å². The van der Waals surface area contributed by atoms with Gasteiger partial charge >= 0.3 is 0 Å². The minimum Gasteiger partial charge on any atom is -0.389 e. The van der Waals surface area contributed by atoms with E-state index in [1.165, 1.54) is 0 Å². The molecule has 1 heterocycles. The van der Waals surface area contributed by atoms with Crippen molar-refractivity contribution in [1.82, 2.24) is 5.32 Å². The first-order chi connectivity index (χ1) is 8.57. The lowest BCUT2D eigenvalue weighted by Crippen LogP contribution is -2.51. The molecule has 0 radical (unpaired) electrons. The highest BCUT2D eigenvalue weighted by molar-refractivity contribution is 6.36. The molecule has 1 aliphatic heterocycles. The topological polar surface area (TPSA) is 32.3 Å². The Bertz CT molecular complexity index is 404. The molecule has 2 nitrogen and oxygen atoms in total. The smallest absolute Gasteiger partial charge is 0.0741 e. The predicted octanol–water partition coefficient (Wildman–Crippen LogP) is 3.29. The van der Waals surface area contributed by atoms with Crippen molar-refractivity contribution < 1.29 is 5.11 Å². The highest BCUT2D eigenvalue weighted by Crippen LogP contribution is 2.35. The normalized spacial score (nSPS) is 28.3. The number of aliphatic hydroxyl groups is 1. The van der Waals surface area contributed by atoms with Crippen molar-refractivity contribution in [3.63, 3.8) is 0 Å². The number of halogens is 2. The van der Waals surface area contributed by atoms with Gasteiger partial charge in [-0.3, -0.25) is 0 Å². The van der Waals surface area contributed by atoms with Crippen molar-refractivity contribution in [1.29, 1.82) is 0 Å². The average Bonchev–Trinajstić information content (AvgIpc) is 2.35. The lowest BCUT2D eigenvalue weighted by Gasteiger charge is -2.40. The van der Waals surface area contributed by atoms with Crippen LogP contribution in [0.15, 0.2) is 18.2 Å². The first-order valence-corrected chi connectivity index (χ1v) is 7.18. The quantitative estimate of drug-likeness (QED) is 0.894. The Morgan fingerprint density at radius 3 is 2.67 bits per heavy atom. The van der Waals surface area contributed by atoms with E-state index < -0.39 is 5.60 Å². The highest BCUT2D eigenvalue weighted by atomic mass is 35.5. The van der Waals surface area contributed by atoms with Crippen LogP contribution >= 0.6 is 23.2 Å². The van der Waals surface area contributed by atoms with Crippen LogP contribution in [0.1, 0.15) is 25.3 Å². The molecule has 0 spiro atoms. The van der Waals surface area contributed by atoms with E-state index in [1.807, 2.05) is 18.2 Å². The zero-order chi connectivity index (χ0) is 13.2. The van der Waals surface area contributed by atoms with Crippen LogP contribution in [-0.2, 0) is 6.42 Å². The molecule has 0 aliphatic carbocycles. The minimum absolute atomic E-state index is 0.249. The Balaban J connectivity index is 2.25. The molecule has 1 aromatic carbocycles. The first kappa shape index (κ1) is 14.1. The van der Waals surface area contributed by atoms with Gasteiger partial charge in [0, 0.05) is 28.9 Å². The van der Waals surface area contributed by atoms with E-state index in [2.05, 4.69) is 12.2 Å². The maximum absolute atomic E-state index is 10.9. The van der Waals surface area contributed by atoms with Crippen LogP contribution in [0.4, 0.5) is 0 Å². The molecule has 100 valence electrons. The summed E-state index contributed by atoms with van der Waals surface area (Å²) in [6.07, 6.45) is 2.23. The fraction of sp³-hybridized carbons (Fsp3) is 0.571. The van der Waals surface area contributed by atoms with E-state index in [0.717, 1.165) is 31.5 Å². The summed E-state index contributed by atoms with van der Waals surface area (Å²) < 4.78 is 0. The van der Waals surface area contributed by atoms with Crippen molar-refractivity contribution in [2.75, 3.05) is 13.1 Å². The number of piperidine rings is 1. The van der Waals surface area contributed by atoms with Gasteiger partial charge in [-0.2, -0.15) is 0 Å². The lowest BCUT2D eigenvalue weighted by molar-refractivity contribution is -0.0413. The Hall–Kier alpha value is -0.280. The predicted molar refractivity (Wildman–Crippen MR) is 76.4 cm³/mol. The largest absolute Gasteiger partial charge is 0.389 e. The third-order valence-electron chi connectivity index (χ3n) is 3.92. The Morgan fingerprint density at radius 2 is 2.06 bits per heavy atom. The summed E-state index contributed by atoms with van der Waals surface area (Å²) in [4.78, 5) is 0. The van der Waals surface area contributed by atoms with Crippen LogP contribution in [0.25, 0.3) is 0 Å². The molecule has 0 bridgehead atoms. The van der Waals surface area contributed by atoms with Crippen LogP contribution in [0, 0.1) is 5.92 Å². The molecule has 0 amide bonds. The van der Waals surface area contributed by atoms with Gasteiger partial charge in [-0.1, -0.05) is 36.2 Å². The van der Waals surface area contributed by atoms with E-state index in [4.69, 9.17) is 23.2 Å². The van der Waals surface area contributed by atoms with Gasteiger partial charge in [0.15, 0.2) is 0 Å². The van der Waals surface area contributed by atoms with Gasteiger partial charge in [0.2, 0.25) is 0 Å². The third-order valence-corrected chi connectivity index (χ3v) is 4.63. The van der Waals surface area contributed by atoms with Gasteiger partial charge in [-0.15, -0.1) is 0 Å². The number of hydrogen-bond acceptors (Lipinski definition) is 2. The van der Waals surface area contributed by atoms with Crippen molar-refractivity contribution in [3.05, 3.63) is 33.8 Å². The number of benzene rings is 1. The minimum atomic E-state index is -0.700. The molecule has 2 N–H and O–H groups in total. The molecule has 2 unspecified atom stereocenters. The zero-order valence-corrected chi connectivity index (χ0v) is 12.1. The fourth-order valence-corrected chi connectivity index (χ4v) is 3.27. The SMILES string of the molecule is CCC1CNCCC1(O)Cc1c(Cl)cccc1Cl. The molecular weight excluding hydrogens is 269 g/mol. The van der Waals surface area contributed by atoms with Gasteiger partial charge in [0.1, 0.15) is 0 Å². The van der Waals surface area contributed by atoms with E-state index in [9.17, 15) is 5.11 Å². The van der Waals surface area contributed by atoms with Crippen molar-refractivity contribution in [3.8, 4) is 0 Å². The summed E-state index contributed by atoms with van der Waals surface area (Å²) in [5, 5.41) is 15.5. The molecular formula is C14H19Cl2NO. The molecule has 18 heavy (non-hydrogen) atoms. The fourth-order valence-electron chi connectivity index (χ4n) is 2.74. The maximum Gasteiger partial charge on any atom is 0.0741 e. The molecule has 1 saturated heterocycles. The zero-order valence-electron chi connectivity index (χ0n) is 10.5. The molecule has 0 saturated carbocycles. The Kier molecular flexibility index (Phi) is 4.54. The first-order valence-electron chi connectivity index (χ1n) is 6.43. The highest BCUT2D eigenvalue weighted by Gasteiger charge is 2.38. The summed E-state index contributed by atoms with van der Waals surface area (Å²) in [5.41, 5.74) is 0.165. The van der Waals surface area contributed by atoms with Gasteiger partial charge in [0.25, 0.3) is 0 Å². The van der Waals surface area contributed by atoms with E-state index >= 15 is 0 Å². The van der Waals surface area contributed by atoms with Gasteiger partial charge < -0.3 is 10.4 Å². The van der Waals surface area contributed by atoms with E-state index in [0.29, 0.717) is 16.5 Å². The van der Waals surface area contributed by atoms with Crippen molar-refractivity contribution in [2.24, 2.45) is 5.92 Å². The molecule has 2 atom stereocenters. The summed E-state index contributed by atoms with van der Waals surface area (Å²) in [6.45, 7) is 3.81. The third kappa shape index (κ3) is 2.83. The van der Waals surface area contributed by atoms with Crippen LogP contribution in [0.2, 0.25) is 10.0 Å². The van der Waals surface area contributed by atoms with Gasteiger partial charge in [0.05, 0.1) is 5.60 Å². The summed E-state index contributed by atoms with van der Waals surface area (Å²) in [5.74, 6) is 0.249. The second-order valence-electron chi connectivity index (χ2n) is 5.04. The van der Waals surface area contributed by atoms with Crippen LogP contribution < -0.4 is 5.32 Å². The van der Waals surface area contributed by atoms with Crippen LogP contribution in [-0.4, -0.2) is 23.8 Å². The van der Waals surface area contributed by atoms with E-state index in [-0.39, 0.29) is 5.92 Å². The lowest BCUT2D eigenvalue weighted by atomic mass is 9.76. The number of hydrogen-bond donors (Lipinski definition) is 2. The summed E-state index contributed by atoms with van der Waals surface area (Å²) >= 11 is 12.4. The standard InChI is InChI=1S/C14H19Cl2NO/c1-2-10-9-17-7-6-14(10,18)8-11-12(15)4-3-5-13(11)16/h3-5,10,17-18H,2,6-9H2,1H3. The van der Waals surface area contributed by atoms with Gasteiger partial charge in [-0.05, 0) is 37.1 Å². The molecule has 2 rings (SSSR count). The Morgan fingerprint density at radius 1 is 1.39 bits per heavy atom. The molecule has 1 aromatic rings. The van der Waals surface area contributed by atoms with Crippen molar-refractivity contribution >= 4 is 23.2 Å². The van der Waals surface area contributed by atoms with Crippen LogP contribution in [0.3, 0.4) is 0 Å². The molecule has 1 aliphatic rings. The van der Waals surface area contributed by atoms with E-state index in [1.54, 1.807) is 0 Å². The second-order valence-corrected chi connectivity index (χ2v) is 5.85. The number of rotatable bonds is 3. The molecule has 1 fully saturated rings. The molecule has 4 heteroatoms. The van der Waals surface area contributed by atoms with Crippen LogP contribution in [0.5, 0.6) is 0 Å². The Labute approximate surface area is 118 Å². The average molecular weight is 288 g/mol. The second kappa shape index (κ2) is 5.79. The monoisotopic (exact) mass is 287 g/mol. The summed E-state index contributed by atoms with van der Waals surface area (Å²) in [7, 11) is 0. The molecule has 0 aromatic heterocycles. The summed E-state index contributed by atoms with van der Waals surface area (Å²) in [6, 6.07) is 5.49.